The minimum absolute atomic E-state index is 0.0519. The molecule has 0 aromatic carbocycles. The van der Waals surface area contributed by atoms with Crippen LogP contribution in [0.1, 0.15) is 10.6 Å². The Hall–Kier alpha value is -0.850. The Balaban J connectivity index is 1.80. The van der Waals surface area contributed by atoms with Crippen molar-refractivity contribution < 1.29 is 13.9 Å². The summed E-state index contributed by atoms with van der Waals surface area (Å²) in [6.07, 6.45) is 0.0519. The lowest BCUT2D eigenvalue weighted by molar-refractivity contribution is -0.0175. The van der Waals surface area contributed by atoms with Crippen LogP contribution in [0.5, 0.6) is 0 Å². The van der Waals surface area contributed by atoms with Gasteiger partial charge < -0.3 is 19.4 Å². The lowest BCUT2D eigenvalue weighted by Gasteiger charge is -2.29. The number of carbonyl (C=O) groups excluding carboxylic acids is 1. The topological polar surface area (TPSA) is 54.7 Å². The zero-order valence-electron chi connectivity index (χ0n) is 9.61. The van der Waals surface area contributed by atoms with Gasteiger partial charge in [0, 0.05) is 19.6 Å². The summed E-state index contributed by atoms with van der Waals surface area (Å²) in [6, 6.07) is 3.33. The first-order chi connectivity index (χ1) is 8.15. The van der Waals surface area contributed by atoms with Crippen LogP contribution in [0, 0.1) is 0 Å². The molecule has 0 saturated carbocycles. The molecular weight excluding hydrogens is 288 g/mol. The molecule has 2 heterocycles. The summed E-state index contributed by atoms with van der Waals surface area (Å²) in [5, 5.41) is 2.80. The Morgan fingerprint density at radius 1 is 1.65 bits per heavy atom. The Morgan fingerprint density at radius 2 is 2.47 bits per heavy atom. The smallest absolute Gasteiger partial charge is 0.287 e. The van der Waals surface area contributed by atoms with Gasteiger partial charge in [-0.1, -0.05) is 0 Å². The van der Waals surface area contributed by atoms with Gasteiger partial charge in [-0.25, -0.2) is 0 Å². The number of likely N-dealkylation sites (N-methyl/N-ethyl adjacent to an activating group) is 1. The number of ether oxygens (including phenoxy) is 1. The summed E-state index contributed by atoms with van der Waals surface area (Å²) >= 11 is 3.16. The molecule has 0 radical (unpaired) electrons. The van der Waals surface area contributed by atoms with Gasteiger partial charge in [-0.3, -0.25) is 4.79 Å². The third kappa shape index (κ3) is 3.55. The van der Waals surface area contributed by atoms with E-state index in [2.05, 4.69) is 26.1 Å². The van der Waals surface area contributed by atoms with Gasteiger partial charge >= 0.3 is 0 Å². The highest BCUT2D eigenvalue weighted by Crippen LogP contribution is 2.13. The SMILES string of the molecule is CN1CCOC(CNC(=O)c2ccc(Br)o2)C1. The number of nitrogens with zero attached hydrogens (tertiary/aromatic N) is 1. The van der Waals surface area contributed by atoms with Gasteiger partial charge in [0.1, 0.15) is 0 Å². The number of amides is 1. The number of furan rings is 1. The molecule has 1 aromatic rings. The molecule has 0 spiro atoms. The van der Waals surface area contributed by atoms with E-state index >= 15 is 0 Å². The van der Waals surface area contributed by atoms with Crippen LogP contribution in [0.2, 0.25) is 0 Å². The van der Waals surface area contributed by atoms with Crippen molar-refractivity contribution >= 4 is 21.8 Å². The van der Waals surface area contributed by atoms with Crippen LogP contribution >= 0.6 is 15.9 Å². The molecule has 17 heavy (non-hydrogen) atoms. The molecule has 1 amide bonds. The minimum Gasteiger partial charge on any atom is -0.444 e. The maximum Gasteiger partial charge on any atom is 0.287 e. The molecular formula is C11H15BrN2O3. The average Bonchev–Trinajstić information content (AvgIpc) is 2.73. The molecule has 0 bridgehead atoms. The van der Waals surface area contributed by atoms with E-state index in [1.165, 1.54) is 0 Å². The van der Waals surface area contributed by atoms with Crippen LogP contribution < -0.4 is 5.32 Å². The van der Waals surface area contributed by atoms with E-state index in [1.54, 1.807) is 12.1 Å². The fourth-order valence-electron chi connectivity index (χ4n) is 1.72. The predicted octanol–water partition coefficient (Wildman–Crippen LogP) is 1.10. The molecule has 1 saturated heterocycles. The lowest BCUT2D eigenvalue weighted by Crippen LogP contribution is -2.45. The molecule has 0 aliphatic carbocycles. The summed E-state index contributed by atoms with van der Waals surface area (Å²) in [5.74, 6) is 0.0913. The maximum atomic E-state index is 11.7. The number of nitrogens with one attached hydrogen (secondary N) is 1. The molecule has 1 N–H and O–H groups in total. The van der Waals surface area contributed by atoms with Crippen molar-refractivity contribution in [2.45, 2.75) is 6.10 Å². The largest absolute Gasteiger partial charge is 0.444 e. The van der Waals surface area contributed by atoms with Crippen molar-refractivity contribution in [1.82, 2.24) is 10.2 Å². The Labute approximate surface area is 108 Å². The summed E-state index contributed by atoms with van der Waals surface area (Å²) in [4.78, 5) is 13.9. The maximum absolute atomic E-state index is 11.7. The second-order valence-electron chi connectivity index (χ2n) is 4.07. The van der Waals surface area contributed by atoms with Gasteiger partial charge in [-0.15, -0.1) is 0 Å². The van der Waals surface area contributed by atoms with Crippen molar-refractivity contribution in [3.8, 4) is 0 Å². The molecule has 5 nitrogen and oxygen atoms in total. The van der Waals surface area contributed by atoms with Crippen molar-refractivity contribution in [1.29, 1.82) is 0 Å². The number of carbonyl (C=O) groups is 1. The molecule has 6 heteroatoms. The second-order valence-corrected chi connectivity index (χ2v) is 4.85. The first-order valence-corrected chi connectivity index (χ1v) is 6.28. The van der Waals surface area contributed by atoms with E-state index in [0.29, 0.717) is 23.6 Å². The van der Waals surface area contributed by atoms with Crippen LogP contribution in [0.15, 0.2) is 21.2 Å². The molecule has 1 aliphatic heterocycles. The zero-order chi connectivity index (χ0) is 12.3. The van der Waals surface area contributed by atoms with E-state index in [4.69, 9.17) is 9.15 Å². The van der Waals surface area contributed by atoms with Crippen LogP contribution in [0.3, 0.4) is 0 Å². The lowest BCUT2D eigenvalue weighted by atomic mass is 10.3. The average molecular weight is 303 g/mol. The van der Waals surface area contributed by atoms with E-state index in [-0.39, 0.29) is 12.0 Å². The molecule has 1 fully saturated rings. The first kappa shape index (κ1) is 12.6. The summed E-state index contributed by atoms with van der Waals surface area (Å²) in [7, 11) is 2.04. The third-order valence-electron chi connectivity index (χ3n) is 2.63. The van der Waals surface area contributed by atoms with Gasteiger partial charge in [0.05, 0.1) is 12.7 Å². The number of rotatable bonds is 3. The van der Waals surface area contributed by atoms with Gasteiger partial charge in [-0.2, -0.15) is 0 Å². The van der Waals surface area contributed by atoms with E-state index in [1.807, 2.05) is 7.05 Å². The van der Waals surface area contributed by atoms with E-state index in [9.17, 15) is 4.79 Å². The highest BCUT2D eigenvalue weighted by atomic mass is 79.9. The van der Waals surface area contributed by atoms with Gasteiger partial charge in [0.25, 0.3) is 5.91 Å². The number of halogens is 1. The number of morpholine rings is 1. The van der Waals surface area contributed by atoms with Gasteiger partial charge in [-0.05, 0) is 35.1 Å². The van der Waals surface area contributed by atoms with Crippen LogP contribution in [0.4, 0.5) is 0 Å². The van der Waals surface area contributed by atoms with E-state index in [0.717, 1.165) is 13.1 Å². The highest BCUT2D eigenvalue weighted by molar-refractivity contribution is 9.10. The highest BCUT2D eigenvalue weighted by Gasteiger charge is 2.19. The normalized spacial score (nSPS) is 21.4. The molecule has 1 aromatic heterocycles. The zero-order valence-corrected chi connectivity index (χ0v) is 11.2. The predicted molar refractivity (Wildman–Crippen MR) is 66.0 cm³/mol. The van der Waals surface area contributed by atoms with E-state index < -0.39 is 0 Å². The molecule has 1 aliphatic rings. The Kier molecular flexibility index (Phi) is 4.20. The van der Waals surface area contributed by atoms with Crippen LogP contribution in [0.25, 0.3) is 0 Å². The number of hydrogen-bond acceptors (Lipinski definition) is 4. The standard InChI is InChI=1S/C11H15BrN2O3/c1-14-4-5-16-8(7-14)6-13-11(15)9-2-3-10(12)17-9/h2-3,8H,4-7H2,1H3,(H,13,15). The van der Waals surface area contributed by atoms with Crippen molar-refractivity contribution in [2.75, 3.05) is 33.3 Å². The summed E-state index contributed by atoms with van der Waals surface area (Å²) in [5.41, 5.74) is 0. The fourth-order valence-corrected chi connectivity index (χ4v) is 2.03. The monoisotopic (exact) mass is 302 g/mol. The fraction of sp³-hybridized carbons (Fsp3) is 0.545. The third-order valence-corrected chi connectivity index (χ3v) is 3.06. The molecule has 1 atom stereocenters. The quantitative estimate of drug-likeness (QED) is 0.908. The van der Waals surface area contributed by atoms with Crippen LogP contribution in [-0.4, -0.2) is 50.2 Å². The van der Waals surface area contributed by atoms with Gasteiger partial charge in [0.2, 0.25) is 0 Å². The van der Waals surface area contributed by atoms with Crippen molar-refractivity contribution in [3.63, 3.8) is 0 Å². The Morgan fingerprint density at radius 3 is 3.12 bits per heavy atom. The second kappa shape index (κ2) is 5.66. The molecule has 94 valence electrons. The summed E-state index contributed by atoms with van der Waals surface area (Å²) < 4.78 is 11.3. The molecule has 2 rings (SSSR count). The molecule has 1 unspecified atom stereocenters. The number of hydrogen-bond donors (Lipinski definition) is 1. The first-order valence-electron chi connectivity index (χ1n) is 5.49. The van der Waals surface area contributed by atoms with Crippen molar-refractivity contribution in [3.05, 3.63) is 22.6 Å². The summed E-state index contributed by atoms with van der Waals surface area (Å²) in [6.45, 7) is 2.99. The van der Waals surface area contributed by atoms with Crippen LogP contribution in [-0.2, 0) is 4.74 Å². The van der Waals surface area contributed by atoms with Crippen molar-refractivity contribution in [2.24, 2.45) is 0 Å². The minimum atomic E-state index is -0.215. The van der Waals surface area contributed by atoms with Gasteiger partial charge in [0.15, 0.2) is 10.4 Å². The Bertz CT molecular complexity index is 394.